The molecule has 0 atom stereocenters. The molecule has 0 fully saturated rings. The minimum atomic E-state index is -4.56. The number of hydrogen-bond donors (Lipinski definition) is 1. The van der Waals surface area contributed by atoms with Crippen LogP contribution in [0.25, 0.3) is 0 Å². The van der Waals surface area contributed by atoms with Gasteiger partial charge in [0.2, 0.25) is 0 Å². The van der Waals surface area contributed by atoms with Crippen LogP contribution in [0.5, 0.6) is 0 Å². The third-order valence-electron chi connectivity index (χ3n) is 1.81. The van der Waals surface area contributed by atoms with Crippen molar-refractivity contribution in [3.05, 3.63) is 28.8 Å². The molecule has 0 aromatic heterocycles. The van der Waals surface area contributed by atoms with E-state index in [1.165, 1.54) is 19.1 Å². The second-order valence-corrected chi connectivity index (χ2v) is 4.26. The maximum atomic E-state index is 12.2. The number of nitriles is 1. The van der Waals surface area contributed by atoms with Gasteiger partial charge >= 0.3 is 11.5 Å². The Bertz CT molecular complexity index is 505. The zero-order valence-electron chi connectivity index (χ0n) is 8.50. The lowest BCUT2D eigenvalue weighted by Gasteiger charge is -2.10. The highest BCUT2D eigenvalue weighted by molar-refractivity contribution is 8.00. The Morgan fingerprint density at radius 2 is 2.06 bits per heavy atom. The minimum absolute atomic E-state index is 0.355. The summed E-state index contributed by atoms with van der Waals surface area (Å²) in [4.78, 5) is 10.4. The molecule has 17 heavy (non-hydrogen) atoms. The van der Waals surface area contributed by atoms with E-state index in [2.05, 4.69) is 0 Å². The SMILES string of the molecule is Cc1cc(SC(F)(F)F)c(C#N)c(C(=O)O)c1. The largest absolute Gasteiger partial charge is 0.478 e. The second kappa shape index (κ2) is 4.67. The first kappa shape index (κ1) is 13.4. The Balaban J connectivity index is 3.40. The Kier molecular flexibility index (Phi) is 3.68. The van der Waals surface area contributed by atoms with Crippen LogP contribution in [0.15, 0.2) is 17.0 Å². The molecule has 0 bridgehead atoms. The summed E-state index contributed by atoms with van der Waals surface area (Å²) in [5.41, 5.74) is -5.09. The number of rotatable bonds is 2. The topological polar surface area (TPSA) is 61.1 Å². The molecule has 1 aromatic rings. The monoisotopic (exact) mass is 261 g/mol. The summed E-state index contributed by atoms with van der Waals surface area (Å²) in [5, 5.41) is 17.5. The van der Waals surface area contributed by atoms with Gasteiger partial charge in [0, 0.05) is 4.90 Å². The van der Waals surface area contributed by atoms with E-state index < -0.39 is 39.3 Å². The summed E-state index contributed by atoms with van der Waals surface area (Å²) in [6, 6.07) is 3.80. The Labute approximate surface area is 98.9 Å². The summed E-state index contributed by atoms with van der Waals surface area (Å²) in [7, 11) is 0. The number of thioether (sulfide) groups is 1. The number of alkyl halides is 3. The van der Waals surface area contributed by atoms with Gasteiger partial charge in [-0.2, -0.15) is 18.4 Å². The van der Waals surface area contributed by atoms with Crippen LogP contribution in [-0.2, 0) is 0 Å². The molecule has 3 nitrogen and oxygen atoms in total. The molecule has 90 valence electrons. The van der Waals surface area contributed by atoms with Crippen LogP contribution >= 0.6 is 11.8 Å². The second-order valence-electron chi connectivity index (χ2n) is 3.15. The molecule has 0 radical (unpaired) electrons. The standard InChI is InChI=1S/C10H6F3NO2S/c1-5-2-6(9(15)16)7(4-14)8(3-5)17-10(11,12)13/h2-3H,1H3,(H,15,16). The number of nitrogens with zero attached hydrogens (tertiary/aromatic N) is 1. The lowest BCUT2D eigenvalue weighted by atomic mass is 10.1. The summed E-state index contributed by atoms with van der Waals surface area (Å²) < 4.78 is 36.7. The van der Waals surface area contributed by atoms with E-state index in [0.29, 0.717) is 5.56 Å². The molecular formula is C10H6F3NO2S. The first-order chi connectivity index (χ1) is 7.74. The van der Waals surface area contributed by atoms with E-state index in [4.69, 9.17) is 10.4 Å². The zero-order chi connectivity index (χ0) is 13.2. The molecule has 0 saturated heterocycles. The fourth-order valence-corrected chi connectivity index (χ4v) is 1.99. The molecule has 0 unspecified atom stereocenters. The molecule has 0 amide bonds. The van der Waals surface area contributed by atoms with Crippen molar-refractivity contribution < 1.29 is 23.1 Å². The number of carboxylic acid groups (broad SMARTS) is 1. The van der Waals surface area contributed by atoms with Crippen LogP contribution in [0.2, 0.25) is 0 Å². The van der Waals surface area contributed by atoms with Crippen LogP contribution in [0, 0.1) is 18.3 Å². The molecule has 0 aliphatic carbocycles. The Hall–Kier alpha value is -1.68. The molecular weight excluding hydrogens is 255 g/mol. The average Bonchev–Trinajstić information content (AvgIpc) is 2.14. The molecule has 7 heteroatoms. The first-order valence-corrected chi connectivity index (χ1v) is 5.10. The third-order valence-corrected chi connectivity index (χ3v) is 2.59. The van der Waals surface area contributed by atoms with Gasteiger partial charge in [-0.25, -0.2) is 4.79 Å². The van der Waals surface area contributed by atoms with Crippen molar-refractivity contribution in [3.63, 3.8) is 0 Å². The highest BCUT2D eigenvalue weighted by Crippen LogP contribution is 2.39. The van der Waals surface area contributed by atoms with E-state index >= 15 is 0 Å². The minimum Gasteiger partial charge on any atom is -0.478 e. The maximum Gasteiger partial charge on any atom is 0.446 e. The molecule has 0 aliphatic heterocycles. The van der Waals surface area contributed by atoms with Gasteiger partial charge < -0.3 is 5.11 Å². The maximum absolute atomic E-state index is 12.2. The van der Waals surface area contributed by atoms with Crippen molar-refractivity contribution in [1.82, 2.24) is 0 Å². The van der Waals surface area contributed by atoms with Crippen molar-refractivity contribution in [2.75, 3.05) is 0 Å². The number of hydrogen-bond acceptors (Lipinski definition) is 3. The van der Waals surface area contributed by atoms with Crippen LogP contribution in [0.3, 0.4) is 0 Å². The van der Waals surface area contributed by atoms with Crippen molar-refractivity contribution in [2.45, 2.75) is 17.3 Å². The predicted octanol–water partition coefficient (Wildman–Crippen LogP) is 3.18. The molecule has 0 saturated carbocycles. The van der Waals surface area contributed by atoms with Gasteiger partial charge in [-0.05, 0) is 36.4 Å². The number of aromatic carboxylic acids is 1. The summed E-state index contributed by atoms with van der Waals surface area (Å²) in [6.07, 6.45) is 0. The number of halogens is 3. The summed E-state index contributed by atoms with van der Waals surface area (Å²) in [5.74, 6) is -1.42. The van der Waals surface area contributed by atoms with E-state index in [0.717, 1.165) is 6.07 Å². The van der Waals surface area contributed by atoms with Crippen LogP contribution in [-0.4, -0.2) is 16.6 Å². The Morgan fingerprint density at radius 3 is 2.47 bits per heavy atom. The van der Waals surface area contributed by atoms with Crippen LogP contribution in [0.1, 0.15) is 21.5 Å². The first-order valence-electron chi connectivity index (χ1n) is 4.28. The van der Waals surface area contributed by atoms with E-state index in [1.807, 2.05) is 0 Å². The molecule has 0 heterocycles. The molecule has 1 aromatic carbocycles. The van der Waals surface area contributed by atoms with Crippen molar-refractivity contribution >= 4 is 17.7 Å². The lowest BCUT2D eigenvalue weighted by molar-refractivity contribution is -0.0328. The fourth-order valence-electron chi connectivity index (χ4n) is 1.24. The zero-order valence-corrected chi connectivity index (χ0v) is 9.32. The Morgan fingerprint density at radius 1 is 1.47 bits per heavy atom. The van der Waals surface area contributed by atoms with Crippen molar-refractivity contribution in [1.29, 1.82) is 5.26 Å². The number of carbonyl (C=O) groups is 1. The van der Waals surface area contributed by atoms with Gasteiger partial charge in [-0.1, -0.05) is 0 Å². The normalized spacial score (nSPS) is 11.0. The average molecular weight is 261 g/mol. The molecule has 1 rings (SSSR count). The number of carboxylic acids is 1. The quantitative estimate of drug-likeness (QED) is 0.830. The number of aryl methyl sites for hydroxylation is 1. The van der Waals surface area contributed by atoms with E-state index in [1.54, 1.807) is 0 Å². The van der Waals surface area contributed by atoms with Gasteiger partial charge in [-0.3, -0.25) is 0 Å². The third kappa shape index (κ3) is 3.39. The van der Waals surface area contributed by atoms with Crippen LogP contribution < -0.4 is 0 Å². The summed E-state index contributed by atoms with van der Waals surface area (Å²) >= 11 is -0.488. The van der Waals surface area contributed by atoms with Gasteiger partial charge in [0.15, 0.2) is 0 Å². The highest BCUT2D eigenvalue weighted by atomic mass is 32.2. The van der Waals surface area contributed by atoms with E-state index in [9.17, 15) is 18.0 Å². The smallest absolute Gasteiger partial charge is 0.446 e. The van der Waals surface area contributed by atoms with Gasteiger partial charge in [0.05, 0.1) is 11.1 Å². The predicted molar refractivity (Wildman–Crippen MR) is 54.8 cm³/mol. The molecule has 0 spiro atoms. The van der Waals surface area contributed by atoms with Crippen molar-refractivity contribution in [3.8, 4) is 6.07 Å². The number of benzene rings is 1. The fraction of sp³-hybridized carbons (Fsp3) is 0.200. The lowest BCUT2D eigenvalue weighted by Crippen LogP contribution is -2.06. The highest BCUT2D eigenvalue weighted by Gasteiger charge is 2.31. The van der Waals surface area contributed by atoms with Gasteiger partial charge in [0.25, 0.3) is 0 Å². The van der Waals surface area contributed by atoms with Crippen LogP contribution in [0.4, 0.5) is 13.2 Å². The molecule has 0 aliphatic rings. The van der Waals surface area contributed by atoms with Gasteiger partial charge in [-0.15, -0.1) is 0 Å². The van der Waals surface area contributed by atoms with Crippen molar-refractivity contribution in [2.24, 2.45) is 0 Å². The van der Waals surface area contributed by atoms with E-state index in [-0.39, 0.29) is 0 Å². The molecule has 1 N–H and O–H groups in total. The summed E-state index contributed by atoms with van der Waals surface area (Å²) in [6.45, 7) is 1.47. The van der Waals surface area contributed by atoms with Gasteiger partial charge in [0.1, 0.15) is 6.07 Å².